The van der Waals surface area contributed by atoms with Gasteiger partial charge in [-0.2, -0.15) is 11.8 Å². The first-order valence-electron chi connectivity index (χ1n) is 5.49. The topological polar surface area (TPSA) is 57.8 Å². The monoisotopic (exact) mass is 249 g/mol. The minimum absolute atomic E-state index is 0.0774. The second kappa shape index (κ2) is 5.72. The summed E-state index contributed by atoms with van der Waals surface area (Å²) in [6.45, 7) is 0.624. The van der Waals surface area contributed by atoms with E-state index in [0.717, 1.165) is 23.3 Å². The van der Waals surface area contributed by atoms with Crippen molar-refractivity contribution in [2.45, 2.75) is 6.42 Å². The highest BCUT2D eigenvalue weighted by Crippen LogP contribution is 2.10. The van der Waals surface area contributed by atoms with Crippen molar-refractivity contribution in [3.05, 3.63) is 30.1 Å². The largest absolute Gasteiger partial charge is 0.355 e. The lowest BCUT2D eigenvalue weighted by Crippen LogP contribution is -2.27. The average molecular weight is 249 g/mol. The van der Waals surface area contributed by atoms with Crippen molar-refractivity contribution in [3.63, 3.8) is 0 Å². The highest BCUT2D eigenvalue weighted by molar-refractivity contribution is 7.99. The molecule has 0 unspecified atom stereocenters. The van der Waals surface area contributed by atoms with Crippen LogP contribution >= 0.6 is 11.8 Å². The van der Waals surface area contributed by atoms with E-state index in [1.165, 1.54) is 11.8 Å². The van der Waals surface area contributed by atoms with Gasteiger partial charge in [-0.1, -0.05) is 12.1 Å². The Morgan fingerprint density at radius 1 is 1.47 bits per heavy atom. The predicted molar refractivity (Wildman–Crippen MR) is 71.2 cm³/mol. The van der Waals surface area contributed by atoms with Gasteiger partial charge in [0.25, 0.3) is 0 Å². The zero-order chi connectivity index (χ0) is 12.1. The summed E-state index contributed by atoms with van der Waals surface area (Å²) in [4.78, 5) is 18.9. The van der Waals surface area contributed by atoms with E-state index in [1.807, 2.05) is 30.5 Å². The number of rotatable bonds is 5. The highest BCUT2D eigenvalue weighted by atomic mass is 32.2. The van der Waals surface area contributed by atoms with Gasteiger partial charge in [0, 0.05) is 13.0 Å². The molecule has 0 atom stereocenters. The van der Waals surface area contributed by atoms with Crippen LogP contribution in [-0.4, -0.2) is 34.4 Å². The lowest BCUT2D eigenvalue weighted by atomic mass is 10.3. The molecule has 0 saturated carbocycles. The number of aromatic amines is 1. The molecule has 0 aliphatic rings. The van der Waals surface area contributed by atoms with Gasteiger partial charge in [0.2, 0.25) is 5.91 Å². The zero-order valence-electron chi connectivity index (χ0n) is 9.69. The maximum Gasteiger partial charge on any atom is 0.229 e. The van der Waals surface area contributed by atoms with E-state index in [4.69, 9.17) is 0 Å². The number of H-pyrrole nitrogens is 1. The van der Waals surface area contributed by atoms with Gasteiger partial charge in [0.1, 0.15) is 5.82 Å². The second-order valence-electron chi connectivity index (χ2n) is 3.73. The number of imidazole rings is 1. The smallest absolute Gasteiger partial charge is 0.229 e. The maximum atomic E-state index is 11.2. The number of benzene rings is 1. The summed E-state index contributed by atoms with van der Waals surface area (Å²) >= 11 is 1.52. The third-order valence-electron chi connectivity index (χ3n) is 2.40. The number of carbonyl (C=O) groups is 1. The molecule has 0 aliphatic carbocycles. The van der Waals surface area contributed by atoms with Crippen LogP contribution in [0.5, 0.6) is 0 Å². The molecule has 5 heteroatoms. The fourth-order valence-corrected chi connectivity index (χ4v) is 1.99. The Morgan fingerprint density at radius 2 is 2.29 bits per heavy atom. The number of aromatic nitrogens is 2. The van der Waals surface area contributed by atoms with Crippen LogP contribution in [0.1, 0.15) is 5.82 Å². The Balaban J connectivity index is 1.89. The second-order valence-corrected chi connectivity index (χ2v) is 4.60. The van der Waals surface area contributed by atoms with Crippen LogP contribution in [0.2, 0.25) is 0 Å². The van der Waals surface area contributed by atoms with E-state index in [0.29, 0.717) is 12.3 Å². The van der Waals surface area contributed by atoms with Gasteiger partial charge in [0.05, 0.1) is 16.8 Å². The number of para-hydroxylation sites is 2. The molecular formula is C12H15N3OS. The predicted octanol–water partition coefficient (Wildman–Crippen LogP) is 1.58. The number of nitrogens with zero attached hydrogens (tertiary/aromatic N) is 1. The third-order valence-corrected chi connectivity index (χ3v) is 2.95. The molecule has 17 heavy (non-hydrogen) atoms. The highest BCUT2D eigenvalue weighted by Gasteiger charge is 2.03. The van der Waals surface area contributed by atoms with Gasteiger partial charge in [-0.05, 0) is 18.4 Å². The molecule has 0 spiro atoms. The quantitative estimate of drug-likeness (QED) is 0.846. The molecule has 0 bridgehead atoms. The van der Waals surface area contributed by atoms with Crippen LogP contribution in [0.4, 0.5) is 0 Å². The molecule has 2 N–H and O–H groups in total. The molecule has 1 aromatic carbocycles. The summed E-state index contributed by atoms with van der Waals surface area (Å²) in [6.07, 6.45) is 2.65. The van der Waals surface area contributed by atoms with Crippen molar-refractivity contribution >= 4 is 28.7 Å². The van der Waals surface area contributed by atoms with E-state index in [-0.39, 0.29) is 5.91 Å². The van der Waals surface area contributed by atoms with Crippen molar-refractivity contribution in [2.75, 3.05) is 18.6 Å². The van der Waals surface area contributed by atoms with Gasteiger partial charge in [0.15, 0.2) is 0 Å². The van der Waals surface area contributed by atoms with Gasteiger partial charge in [-0.15, -0.1) is 0 Å². The third kappa shape index (κ3) is 3.23. The van der Waals surface area contributed by atoms with Crippen LogP contribution in [0.25, 0.3) is 11.0 Å². The summed E-state index contributed by atoms with van der Waals surface area (Å²) in [5.74, 6) is 1.50. The first-order valence-corrected chi connectivity index (χ1v) is 6.88. The molecule has 1 amide bonds. The molecule has 4 nitrogen and oxygen atoms in total. The number of hydrogen-bond acceptors (Lipinski definition) is 3. The molecule has 90 valence electrons. The number of thioether (sulfide) groups is 1. The van der Waals surface area contributed by atoms with Crippen molar-refractivity contribution < 1.29 is 4.79 Å². The fraction of sp³-hybridized carbons (Fsp3) is 0.333. The molecule has 2 rings (SSSR count). The summed E-state index contributed by atoms with van der Waals surface area (Å²) in [5.41, 5.74) is 2.01. The van der Waals surface area contributed by atoms with E-state index < -0.39 is 0 Å². The number of amides is 1. The standard InChI is InChI=1S/C12H15N3OS/c1-17-8-12(16)13-7-6-11-14-9-4-2-3-5-10(9)15-11/h2-5H,6-8H2,1H3,(H,13,16)(H,14,15). The van der Waals surface area contributed by atoms with Crippen molar-refractivity contribution in [2.24, 2.45) is 0 Å². The first kappa shape index (κ1) is 12.0. The number of hydrogen-bond donors (Lipinski definition) is 2. The van der Waals surface area contributed by atoms with E-state index in [9.17, 15) is 4.79 Å². The Morgan fingerprint density at radius 3 is 3.06 bits per heavy atom. The fourth-order valence-electron chi connectivity index (χ4n) is 1.63. The van der Waals surface area contributed by atoms with Crippen LogP contribution in [0, 0.1) is 0 Å². The minimum atomic E-state index is 0.0774. The molecule has 0 aliphatic heterocycles. The Bertz CT molecular complexity index is 476. The molecule has 1 heterocycles. The summed E-state index contributed by atoms with van der Waals surface area (Å²) in [7, 11) is 0. The SMILES string of the molecule is CSCC(=O)NCCc1nc2ccccc2[nH]1. The van der Waals surface area contributed by atoms with Crippen LogP contribution < -0.4 is 5.32 Å². The van der Waals surface area contributed by atoms with E-state index >= 15 is 0 Å². The Hall–Kier alpha value is -1.49. The van der Waals surface area contributed by atoms with Crippen LogP contribution in [-0.2, 0) is 11.2 Å². The van der Waals surface area contributed by atoms with Gasteiger partial charge in [-0.25, -0.2) is 4.98 Å². The van der Waals surface area contributed by atoms with Gasteiger partial charge >= 0.3 is 0 Å². The lowest BCUT2D eigenvalue weighted by molar-refractivity contribution is -0.118. The summed E-state index contributed by atoms with van der Waals surface area (Å²) in [6, 6.07) is 7.91. The number of carbonyl (C=O) groups excluding carboxylic acids is 1. The first-order chi connectivity index (χ1) is 8.29. The summed E-state index contributed by atoms with van der Waals surface area (Å²) in [5, 5.41) is 2.86. The zero-order valence-corrected chi connectivity index (χ0v) is 10.5. The summed E-state index contributed by atoms with van der Waals surface area (Å²) < 4.78 is 0. The average Bonchev–Trinajstić information content (AvgIpc) is 2.71. The molecule has 0 radical (unpaired) electrons. The Labute approximate surface area is 104 Å². The normalized spacial score (nSPS) is 10.6. The van der Waals surface area contributed by atoms with E-state index in [1.54, 1.807) is 0 Å². The number of nitrogens with one attached hydrogen (secondary N) is 2. The molecule has 0 saturated heterocycles. The minimum Gasteiger partial charge on any atom is -0.355 e. The Kier molecular flexibility index (Phi) is 4.03. The van der Waals surface area contributed by atoms with Gasteiger partial charge in [-0.3, -0.25) is 4.79 Å². The number of fused-ring (bicyclic) bond motifs is 1. The van der Waals surface area contributed by atoms with Crippen LogP contribution in [0.3, 0.4) is 0 Å². The molecular weight excluding hydrogens is 234 g/mol. The van der Waals surface area contributed by atoms with Crippen molar-refractivity contribution in [3.8, 4) is 0 Å². The van der Waals surface area contributed by atoms with Crippen LogP contribution in [0.15, 0.2) is 24.3 Å². The molecule has 0 fully saturated rings. The lowest BCUT2D eigenvalue weighted by Gasteiger charge is -2.01. The van der Waals surface area contributed by atoms with Crippen molar-refractivity contribution in [1.29, 1.82) is 0 Å². The molecule has 2 aromatic rings. The van der Waals surface area contributed by atoms with Gasteiger partial charge < -0.3 is 10.3 Å². The van der Waals surface area contributed by atoms with Crippen molar-refractivity contribution in [1.82, 2.24) is 15.3 Å². The maximum absolute atomic E-state index is 11.2. The van der Waals surface area contributed by atoms with E-state index in [2.05, 4.69) is 15.3 Å². The molecule has 1 aromatic heterocycles.